The maximum Gasteiger partial charge on any atom is 0.410 e. The lowest BCUT2D eigenvalue weighted by Crippen LogP contribution is -2.59. The summed E-state index contributed by atoms with van der Waals surface area (Å²) in [7, 11) is 1.98. The molecule has 1 unspecified atom stereocenters. The number of methoxy groups -OCH3 is 2. The van der Waals surface area contributed by atoms with Gasteiger partial charge in [-0.3, -0.25) is 13.5 Å². The molecule has 3 aromatic carbocycles. The molecule has 2 aliphatic rings. The molecule has 2 N–H and O–H groups in total. The minimum atomic E-state index is -2.74. The second-order valence-corrected chi connectivity index (χ2v) is 16.8. The molecule has 1 aliphatic carbocycles. The summed E-state index contributed by atoms with van der Waals surface area (Å²) < 4.78 is 42.8. The number of carbonyl (C=O) groups is 2. The molecule has 12 heteroatoms. The van der Waals surface area contributed by atoms with Crippen molar-refractivity contribution in [3.05, 3.63) is 83.9 Å². The van der Waals surface area contributed by atoms with Gasteiger partial charge in [-0.15, -0.1) is 10.8 Å². The Morgan fingerprint density at radius 1 is 0.923 bits per heavy atom. The van der Waals surface area contributed by atoms with Crippen molar-refractivity contribution < 1.29 is 37.3 Å². The van der Waals surface area contributed by atoms with Crippen LogP contribution < -0.4 is 14.2 Å². The minimum Gasteiger partial charge on any atom is -0.497 e. The molecular weight excluding hydrogens is 683 g/mol. The minimum absolute atomic E-state index is 0.0529. The summed E-state index contributed by atoms with van der Waals surface area (Å²) in [4.78, 5) is 32.4. The van der Waals surface area contributed by atoms with Crippen molar-refractivity contribution in [2.45, 2.75) is 70.2 Å². The predicted molar refractivity (Wildman–Crippen MR) is 205 cm³/mol. The first-order valence-corrected chi connectivity index (χ1v) is 19.8. The van der Waals surface area contributed by atoms with Crippen LogP contribution in [0.1, 0.15) is 57.1 Å². The first-order chi connectivity index (χ1) is 24.8. The van der Waals surface area contributed by atoms with Crippen LogP contribution in [0.15, 0.2) is 72.8 Å². The van der Waals surface area contributed by atoms with E-state index < -0.39 is 40.3 Å². The fourth-order valence-electron chi connectivity index (χ4n) is 6.72. The van der Waals surface area contributed by atoms with Crippen molar-refractivity contribution in [2.24, 2.45) is 5.92 Å². The Hall–Kier alpha value is -3.81. The van der Waals surface area contributed by atoms with Gasteiger partial charge in [0.2, 0.25) is 5.91 Å². The number of nitrogens with one attached hydrogen (secondary N) is 1. The lowest BCUT2D eigenvalue weighted by atomic mass is 9.76. The number of likely N-dealkylation sites (tertiary alicyclic amines) is 1. The number of ether oxygens (including phenoxy) is 4. The second kappa shape index (κ2) is 17.3. The molecule has 5 rings (SSSR count). The Kier molecular flexibility index (Phi) is 13.1. The summed E-state index contributed by atoms with van der Waals surface area (Å²) in [5.74, 6) is 0.131. The number of rotatable bonds is 15. The van der Waals surface area contributed by atoms with Gasteiger partial charge >= 0.3 is 6.09 Å². The third-order valence-electron chi connectivity index (χ3n) is 9.30. The smallest absolute Gasteiger partial charge is 0.410 e. The lowest BCUT2D eigenvalue weighted by Gasteiger charge is -2.48. The molecule has 11 nitrogen and oxygen atoms in total. The van der Waals surface area contributed by atoms with Gasteiger partial charge in [0.15, 0.2) is 0 Å². The highest BCUT2D eigenvalue weighted by molar-refractivity contribution is 8.22. The third kappa shape index (κ3) is 10.6. The number of amides is 2. The molecule has 0 aromatic heterocycles. The van der Waals surface area contributed by atoms with Gasteiger partial charge in [-0.1, -0.05) is 54.6 Å². The molecule has 0 bridgehead atoms. The van der Waals surface area contributed by atoms with Crippen LogP contribution in [0.3, 0.4) is 0 Å². The van der Waals surface area contributed by atoms with Gasteiger partial charge in [-0.2, -0.15) is 0 Å². The molecular formula is C40H55N3O8S. The molecule has 2 amide bonds. The zero-order chi connectivity index (χ0) is 37.5. The monoisotopic (exact) mass is 737 g/mol. The van der Waals surface area contributed by atoms with Crippen LogP contribution in [0.5, 0.6) is 11.5 Å². The molecule has 0 spiro atoms. The second-order valence-electron chi connectivity index (χ2n) is 14.6. The van der Waals surface area contributed by atoms with Crippen molar-refractivity contribution in [3.63, 3.8) is 0 Å². The lowest BCUT2D eigenvalue weighted by molar-refractivity contribution is -0.139. The quantitative estimate of drug-likeness (QED) is 0.155. The van der Waals surface area contributed by atoms with E-state index in [2.05, 4.69) is 29.0 Å². The molecule has 1 aliphatic heterocycles. The Labute approximate surface area is 310 Å². The summed E-state index contributed by atoms with van der Waals surface area (Å²) in [6.45, 7) is 7.24. The van der Waals surface area contributed by atoms with E-state index in [1.54, 1.807) is 25.4 Å². The van der Waals surface area contributed by atoms with Crippen molar-refractivity contribution in [1.29, 1.82) is 0 Å². The SMILES string of the molecule is COCCCOc1cc(CN(C(=O)[C@H]2CN(C(=O)OC(C)(C)C)C[C@@H](NS(C)(O)OC)[C@@H]2c2cccc(-c3ccccc3)c2)C2CC2)cc(OC)c1. The Bertz CT molecular complexity index is 1650. The zero-order valence-electron chi connectivity index (χ0n) is 31.5. The zero-order valence-corrected chi connectivity index (χ0v) is 32.3. The van der Waals surface area contributed by atoms with Crippen LogP contribution in [-0.4, -0.2) is 97.9 Å². The highest BCUT2D eigenvalue weighted by Gasteiger charge is 2.48. The van der Waals surface area contributed by atoms with Gasteiger partial charge in [0.25, 0.3) is 0 Å². The fourth-order valence-corrected chi connectivity index (χ4v) is 7.60. The molecule has 0 radical (unpaired) electrons. The number of piperidine rings is 1. The van der Waals surface area contributed by atoms with Gasteiger partial charge in [0, 0.05) is 64.1 Å². The van der Waals surface area contributed by atoms with Gasteiger partial charge < -0.3 is 28.7 Å². The molecule has 4 atom stereocenters. The Balaban J connectivity index is 1.55. The predicted octanol–water partition coefficient (Wildman–Crippen LogP) is 7.26. The first kappa shape index (κ1) is 39.4. The van der Waals surface area contributed by atoms with E-state index in [1.807, 2.05) is 74.2 Å². The van der Waals surface area contributed by atoms with E-state index in [1.165, 1.54) is 7.11 Å². The van der Waals surface area contributed by atoms with Gasteiger partial charge in [-0.05, 0) is 68.0 Å². The van der Waals surface area contributed by atoms with Crippen LogP contribution in [0.25, 0.3) is 11.1 Å². The molecule has 1 saturated heterocycles. The van der Waals surface area contributed by atoms with E-state index >= 15 is 4.79 Å². The van der Waals surface area contributed by atoms with Crippen molar-refractivity contribution in [2.75, 3.05) is 53.9 Å². The molecule has 52 heavy (non-hydrogen) atoms. The number of hydrogen-bond acceptors (Lipinski definition) is 9. The van der Waals surface area contributed by atoms with Crippen LogP contribution in [-0.2, 0) is 25.0 Å². The summed E-state index contributed by atoms with van der Waals surface area (Å²) in [5, 5.41) is 0. The number of nitrogens with zero attached hydrogens (tertiary/aromatic N) is 2. The topological polar surface area (TPSA) is 119 Å². The third-order valence-corrected chi connectivity index (χ3v) is 10.7. The molecule has 284 valence electrons. The Morgan fingerprint density at radius 2 is 1.63 bits per heavy atom. The highest BCUT2D eigenvalue weighted by atomic mass is 32.3. The summed E-state index contributed by atoms with van der Waals surface area (Å²) in [5.41, 5.74) is 3.13. The van der Waals surface area contributed by atoms with Crippen LogP contribution in [0.2, 0.25) is 0 Å². The van der Waals surface area contributed by atoms with Gasteiger partial charge in [0.05, 0.1) is 32.8 Å². The Morgan fingerprint density at radius 3 is 2.29 bits per heavy atom. The van der Waals surface area contributed by atoms with Crippen molar-refractivity contribution in [1.82, 2.24) is 14.5 Å². The van der Waals surface area contributed by atoms with E-state index in [4.69, 9.17) is 23.1 Å². The number of benzene rings is 3. The van der Waals surface area contributed by atoms with Crippen molar-refractivity contribution >= 4 is 22.8 Å². The standard InChI is InChI=1S/C40H55N3O8S/c1-40(2,3)51-39(45)42-26-35(38(44)43(32-17-18-32)25-28-21-33(48-5)24-34(22-28)50-20-12-19-47-4)37(36(27-42)41-52(7,46)49-6)31-16-11-15-30(23-31)29-13-9-8-10-14-29/h8-11,13-16,21-24,32,35-37,41,46H,12,17-20,25-27H2,1-7H3/t35-,36+,37+/m0/s1. The maximum atomic E-state index is 15.2. The highest BCUT2D eigenvalue weighted by Crippen LogP contribution is 2.44. The first-order valence-electron chi connectivity index (χ1n) is 17.9. The summed E-state index contributed by atoms with van der Waals surface area (Å²) in [6.07, 6.45) is 3.60. The normalized spacial score (nSPS) is 20.8. The van der Waals surface area contributed by atoms with Crippen molar-refractivity contribution in [3.8, 4) is 22.6 Å². The average molecular weight is 738 g/mol. The van der Waals surface area contributed by atoms with Crippen LogP contribution >= 0.6 is 10.8 Å². The average Bonchev–Trinajstić information content (AvgIpc) is 3.97. The van der Waals surface area contributed by atoms with Gasteiger partial charge in [-0.25, -0.2) is 9.52 Å². The molecule has 1 heterocycles. The van der Waals surface area contributed by atoms with E-state index in [9.17, 15) is 9.35 Å². The van der Waals surface area contributed by atoms with Crippen LogP contribution in [0, 0.1) is 5.92 Å². The fraction of sp³-hybridized carbons (Fsp3) is 0.500. The number of carbonyl (C=O) groups excluding carboxylic acids is 2. The van der Waals surface area contributed by atoms with Crippen LogP contribution in [0.4, 0.5) is 4.79 Å². The van der Waals surface area contributed by atoms with E-state index in [-0.39, 0.29) is 25.0 Å². The summed E-state index contributed by atoms with van der Waals surface area (Å²) >= 11 is 0. The number of hydrogen-bond donors (Lipinski definition) is 2. The van der Waals surface area contributed by atoms with E-state index in [0.717, 1.165) is 41.5 Å². The van der Waals surface area contributed by atoms with Gasteiger partial charge in [0.1, 0.15) is 17.1 Å². The summed E-state index contributed by atoms with van der Waals surface area (Å²) in [6, 6.07) is 23.5. The maximum absolute atomic E-state index is 15.2. The molecule has 2 fully saturated rings. The molecule has 3 aromatic rings. The largest absolute Gasteiger partial charge is 0.497 e. The van der Waals surface area contributed by atoms with E-state index in [0.29, 0.717) is 31.3 Å². The molecule has 1 saturated carbocycles.